The van der Waals surface area contributed by atoms with Crippen LogP contribution in [0.4, 0.5) is 0 Å². The normalized spacial score (nSPS) is 42.6. The Hall–Kier alpha value is -4.14. The number of carbonyl (C=O) groups is 2. The summed E-state index contributed by atoms with van der Waals surface area (Å²) in [6, 6.07) is 2.26. The predicted octanol–water partition coefficient (Wildman–Crippen LogP) is -2.70. The Balaban J connectivity index is 1.26. The first-order valence-corrected chi connectivity index (χ1v) is 32.9. The molecule has 0 spiro atoms. The number of aliphatic hydroxyl groups is 17. The second kappa shape index (κ2) is 37.7. The topological polar surface area (TPSA) is 467 Å². The number of esters is 1. The fraction of sp³-hybridized carbons (Fsp3) is 0.692. The van der Waals surface area contributed by atoms with Gasteiger partial charge in [0.2, 0.25) is 11.7 Å². The van der Waals surface area contributed by atoms with E-state index < -0.39 is 228 Å². The van der Waals surface area contributed by atoms with E-state index in [1.807, 2.05) is 24.4 Å². The van der Waals surface area contributed by atoms with Crippen molar-refractivity contribution in [3.8, 4) is 0 Å². The van der Waals surface area contributed by atoms with Crippen molar-refractivity contribution in [3.05, 3.63) is 107 Å². The van der Waals surface area contributed by atoms with E-state index in [0.29, 0.717) is 6.42 Å². The SMILES string of the molecule is CC1[C@H](C)OC(=O)C[C@H](O)C[C@H](O)CC[C@@H](O)[C@H](O)C[C@H](O)C[C@]2(O)C[C@H](O)C(C(=O)NCCc3cccs3)C(C[C@@H](OC3O[C@H](C)[C@@H](O)[C@H](NC[C@@]4(O)OC[C@@H](O)[C@@H](OC5O[C@H](CO)[C@@H](O)[C@H](O)[C@H]5O)[C@@H]4O)[C@@H]3O)C=CC=CC=CC=CC=CC=CC=C[C@H](C)[C@H]1O)O2. The van der Waals surface area contributed by atoms with Crippen molar-refractivity contribution in [1.29, 1.82) is 0 Å². The second-order valence-corrected chi connectivity index (χ2v) is 26.2. The fourth-order valence-electron chi connectivity index (χ4n) is 11.9. The Kier molecular flexibility index (Phi) is 31.6. The van der Waals surface area contributed by atoms with Crippen molar-refractivity contribution in [2.75, 3.05) is 26.3 Å². The lowest BCUT2D eigenvalue weighted by molar-refractivity contribution is -0.368. The summed E-state index contributed by atoms with van der Waals surface area (Å²) in [6.45, 7) is 4.43. The molecule has 0 aromatic carbocycles. The van der Waals surface area contributed by atoms with Crippen LogP contribution in [0.2, 0.25) is 0 Å². The number of hydrogen-bond donors (Lipinski definition) is 19. The van der Waals surface area contributed by atoms with Crippen LogP contribution in [0.3, 0.4) is 0 Å². The summed E-state index contributed by atoms with van der Waals surface area (Å²) in [4.78, 5) is 28.0. The zero-order valence-corrected chi connectivity index (χ0v) is 54.0. The summed E-state index contributed by atoms with van der Waals surface area (Å²) in [5.74, 6) is -8.77. The molecule has 1 aromatic rings. The maximum absolute atomic E-state index is 14.3. The lowest BCUT2D eigenvalue weighted by Crippen LogP contribution is -2.70. The number of cyclic esters (lactones) is 1. The zero-order chi connectivity index (χ0) is 69.0. The lowest BCUT2D eigenvalue weighted by atomic mass is 9.82. The largest absolute Gasteiger partial charge is 0.462 e. The number of rotatable bonds is 12. The minimum absolute atomic E-state index is 0.133. The molecule has 6 heterocycles. The minimum Gasteiger partial charge on any atom is -0.462 e. The minimum atomic E-state index is -2.67. The fourth-order valence-corrected chi connectivity index (χ4v) is 12.6. The predicted molar refractivity (Wildman–Crippen MR) is 336 cm³/mol. The van der Waals surface area contributed by atoms with E-state index in [2.05, 4.69) is 10.6 Å². The van der Waals surface area contributed by atoms with Crippen LogP contribution in [-0.4, -0.2) is 277 Å². The van der Waals surface area contributed by atoms with Crippen LogP contribution in [0, 0.1) is 17.8 Å². The third-order valence-corrected chi connectivity index (χ3v) is 18.6. The molecular weight excluding hydrogens is 1260 g/mol. The molecule has 29 heteroatoms. The number of amides is 1. The van der Waals surface area contributed by atoms with Crippen molar-refractivity contribution in [2.45, 2.75) is 238 Å². The average Bonchev–Trinajstić information content (AvgIpc) is 1.08. The van der Waals surface area contributed by atoms with E-state index in [-0.39, 0.29) is 31.7 Å². The maximum Gasteiger partial charge on any atom is 0.308 e. The van der Waals surface area contributed by atoms with Gasteiger partial charge in [0.05, 0.1) is 105 Å². The molecule has 1 aromatic heterocycles. The maximum atomic E-state index is 14.3. The number of fused-ring (bicyclic) bond motifs is 2. The number of hydrogen-bond acceptors (Lipinski definition) is 28. The second-order valence-electron chi connectivity index (χ2n) is 25.1. The number of nitrogens with one attached hydrogen (secondary N) is 2. The molecule has 5 unspecified atom stereocenters. The average molecular weight is 1360 g/mol. The summed E-state index contributed by atoms with van der Waals surface area (Å²) < 4.78 is 40.8. The van der Waals surface area contributed by atoms with E-state index in [1.165, 1.54) is 24.3 Å². The van der Waals surface area contributed by atoms with Gasteiger partial charge in [0.1, 0.15) is 54.9 Å². The summed E-state index contributed by atoms with van der Waals surface area (Å²) >= 11 is 1.47. The molecule has 1 amide bonds. The summed E-state index contributed by atoms with van der Waals surface area (Å²) in [5.41, 5.74) is 0. The van der Waals surface area contributed by atoms with Crippen LogP contribution in [-0.2, 0) is 49.2 Å². The highest BCUT2D eigenvalue weighted by molar-refractivity contribution is 7.09. The Bertz CT molecular complexity index is 2650. The first-order chi connectivity index (χ1) is 44.5. The molecule has 94 heavy (non-hydrogen) atoms. The number of thiophene rings is 1. The molecule has 0 saturated carbocycles. The third-order valence-electron chi connectivity index (χ3n) is 17.6. The number of allylic oxidation sites excluding steroid dienone is 12. The first-order valence-electron chi connectivity index (χ1n) is 32.0. The van der Waals surface area contributed by atoms with Crippen LogP contribution in [0.1, 0.15) is 83.9 Å². The molecule has 5 aliphatic rings. The first kappa shape index (κ1) is 78.9. The quantitative estimate of drug-likeness (QED) is 0.0947. The molecule has 0 radical (unpaired) electrons. The number of carbonyl (C=O) groups excluding carboxylic acids is 2. The molecule has 532 valence electrons. The molecule has 28 atom stereocenters. The highest BCUT2D eigenvalue weighted by Gasteiger charge is 2.55. The van der Waals surface area contributed by atoms with Gasteiger partial charge in [0, 0.05) is 48.9 Å². The van der Waals surface area contributed by atoms with Crippen LogP contribution >= 0.6 is 11.3 Å². The van der Waals surface area contributed by atoms with Crippen molar-refractivity contribution in [3.63, 3.8) is 0 Å². The molecule has 28 nitrogen and oxygen atoms in total. The monoisotopic (exact) mass is 1360 g/mol. The van der Waals surface area contributed by atoms with E-state index >= 15 is 0 Å². The molecule has 0 aliphatic carbocycles. The van der Waals surface area contributed by atoms with Gasteiger partial charge in [0.15, 0.2) is 18.4 Å². The van der Waals surface area contributed by atoms with E-state index in [1.54, 1.807) is 92.8 Å². The molecule has 5 aliphatic heterocycles. The van der Waals surface area contributed by atoms with Gasteiger partial charge in [-0.2, -0.15) is 0 Å². The molecule has 4 saturated heterocycles. The van der Waals surface area contributed by atoms with Crippen LogP contribution in [0.15, 0.2) is 103 Å². The van der Waals surface area contributed by atoms with Crippen molar-refractivity contribution < 1.29 is 130 Å². The van der Waals surface area contributed by atoms with Crippen LogP contribution < -0.4 is 10.6 Å². The van der Waals surface area contributed by atoms with Gasteiger partial charge >= 0.3 is 5.97 Å². The van der Waals surface area contributed by atoms with Gasteiger partial charge in [-0.05, 0) is 51.0 Å². The third kappa shape index (κ3) is 23.0. The lowest BCUT2D eigenvalue weighted by Gasteiger charge is -2.48. The van der Waals surface area contributed by atoms with E-state index in [0.717, 1.165) is 4.88 Å². The van der Waals surface area contributed by atoms with Gasteiger partial charge in [0.25, 0.3) is 0 Å². The summed E-state index contributed by atoms with van der Waals surface area (Å²) in [5, 5.41) is 196. The number of aliphatic hydroxyl groups excluding tert-OH is 15. The van der Waals surface area contributed by atoms with Gasteiger partial charge in [-0.15, -0.1) is 11.3 Å². The Labute approximate surface area is 550 Å². The van der Waals surface area contributed by atoms with Crippen LogP contribution in [0.25, 0.3) is 0 Å². The van der Waals surface area contributed by atoms with Crippen molar-refractivity contribution in [1.82, 2.24) is 10.6 Å². The zero-order valence-electron chi connectivity index (χ0n) is 53.2. The molecule has 4 fully saturated rings. The van der Waals surface area contributed by atoms with Crippen molar-refractivity contribution >= 4 is 23.2 Å². The summed E-state index contributed by atoms with van der Waals surface area (Å²) in [7, 11) is 0. The molecule has 19 N–H and O–H groups in total. The van der Waals surface area contributed by atoms with Gasteiger partial charge in [-0.3, -0.25) is 9.59 Å². The van der Waals surface area contributed by atoms with Crippen molar-refractivity contribution in [2.24, 2.45) is 17.8 Å². The molecule has 2 bridgehead atoms. The van der Waals surface area contributed by atoms with E-state index in [9.17, 15) is 96.4 Å². The van der Waals surface area contributed by atoms with E-state index in [4.69, 9.17) is 33.2 Å². The standard InChI is InChI=1S/C65H100N2O26S/c1-35-18-15-13-11-9-7-5-6-8-10-12-14-16-19-42(90-62-56(80)52(54(78)38(4)89-62)67-34-65(86)60(83)59(47(75)33-87-65)92-63-58(82)57(81)55(79)49(32-68)91-63)29-48-51(61(84)66-24-23-43-20-17-25-94-43)46(74)31-64(85,93-48)30-41(71)27-45(73)44(72)22-21-39(69)26-40(70)28-50(76)88-37(3)36(2)53(35)77/h5-20,25,35-42,44-49,51-60,62-63,67-75,77-83,85-86H,21-24,26-34H2,1-4H3,(H,66,84)/t35-,36?,37-,38+,39+,40+,41-,42-,44+,45+,46-,47+,48?,49+,51?,52-,53+,54+,55+,56-,57-,58+,59+,60-,62?,63?,64+,65+/m0/s1. The number of ether oxygens (including phenoxy) is 7. The highest BCUT2D eigenvalue weighted by atomic mass is 32.1. The van der Waals surface area contributed by atoms with Gasteiger partial charge in [-0.25, -0.2) is 0 Å². The van der Waals surface area contributed by atoms with Crippen LogP contribution in [0.5, 0.6) is 0 Å². The Morgan fingerprint density at radius 1 is 0.649 bits per heavy atom. The van der Waals surface area contributed by atoms with Gasteiger partial charge in [-0.1, -0.05) is 105 Å². The molecular formula is C65H100N2O26S. The molecule has 6 rings (SSSR count). The smallest absolute Gasteiger partial charge is 0.308 e. The highest BCUT2D eigenvalue weighted by Crippen LogP contribution is 2.39. The Morgan fingerprint density at radius 3 is 1.93 bits per heavy atom. The summed E-state index contributed by atoms with van der Waals surface area (Å²) in [6.07, 6.45) is -13.2. The Morgan fingerprint density at radius 2 is 1.29 bits per heavy atom. The van der Waals surface area contributed by atoms with Gasteiger partial charge < -0.3 is 131 Å².